The highest BCUT2D eigenvalue weighted by atomic mass is 16.4. The average Bonchev–Trinajstić information content (AvgIpc) is 2.70. The molecule has 1 aromatic heterocycles. The van der Waals surface area contributed by atoms with E-state index in [-0.39, 0.29) is 12.3 Å². The number of hydrogen-bond donors (Lipinski definition) is 2. The molecular weight excluding hydrogens is 236 g/mol. The van der Waals surface area contributed by atoms with Crippen LogP contribution in [0.4, 0.5) is 0 Å². The molecule has 1 aromatic rings. The fraction of sp³-hybridized carbons (Fsp3) is 0.583. The monoisotopic (exact) mass is 254 g/mol. The maximum Gasteiger partial charge on any atom is 0.326 e. The molecule has 0 fully saturated rings. The molecule has 1 amide bonds. The predicted octanol–water partition coefficient (Wildman–Crippen LogP) is 1.14. The standard InChI is InChI=1S/C12H18N2O4/c1-4-7(2)11(12(16)17)14-9(15)5-10-13-8(3)6-18-10/h6-7,11H,4-5H2,1-3H3,(H,14,15)(H,16,17)/t7-,11-/m0/s1. The second-order valence-corrected chi connectivity index (χ2v) is 4.33. The van der Waals surface area contributed by atoms with Crippen LogP contribution < -0.4 is 5.32 Å². The van der Waals surface area contributed by atoms with Gasteiger partial charge in [0.15, 0.2) is 0 Å². The van der Waals surface area contributed by atoms with Gasteiger partial charge in [0.2, 0.25) is 11.8 Å². The number of rotatable bonds is 6. The first-order chi connectivity index (χ1) is 8.43. The van der Waals surface area contributed by atoms with Crippen molar-refractivity contribution in [3.8, 4) is 0 Å². The lowest BCUT2D eigenvalue weighted by Crippen LogP contribution is -2.45. The Kier molecular flexibility index (Phi) is 4.88. The summed E-state index contributed by atoms with van der Waals surface area (Å²) < 4.78 is 5.04. The summed E-state index contributed by atoms with van der Waals surface area (Å²) in [5.74, 6) is -1.26. The van der Waals surface area contributed by atoms with Crippen LogP contribution >= 0.6 is 0 Å². The Bertz CT molecular complexity index is 427. The lowest BCUT2D eigenvalue weighted by Gasteiger charge is -2.19. The molecule has 0 aliphatic rings. The van der Waals surface area contributed by atoms with Gasteiger partial charge in [-0.2, -0.15) is 0 Å². The van der Waals surface area contributed by atoms with E-state index in [4.69, 9.17) is 9.52 Å². The quantitative estimate of drug-likeness (QED) is 0.794. The molecule has 0 saturated heterocycles. The molecule has 0 saturated carbocycles. The zero-order valence-corrected chi connectivity index (χ0v) is 10.8. The second-order valence-electron chi connectivity index (χ2n) is 4.33. The van der Waals surface area contributed by atoms with Gasteiger partial charge in [0, 0.05) is 0 Å². The number of nitrogens with one attached hydrogen (secondary N) is 1. The second kappa shape index (κ2) is 6.18. The van der Waals surface area contributed by atoms with E-state index in [2.05, 4.69) is 10.3 Å². The lowest BCUT2D eigenvalue weighted by atomic mass is 9.99. The fourth-order valence-corrected chi connectivity index (χ4v) is 1.53. The fourth-order valence-electron chi connectivity index (χ4n) is 1.53. The number of carbonyl (C=O) groups is 2. The van der Waals surface area contributed by atoms with Gasteiger partial charge >= 0.3 is 5.97 Å². The van der Waals surface area contributed by atoms with Crippen LogP contribution in [0.25, 0.3) is 0 Å². The summed E-state index contributed by atoms with van der Waals surface area (Å²) >= 11 is 0. The van der Waals surface area contributed by atoms with E-state index >= 15 is 0 Å². The minimum absolute atomic E-state index is 0.0476. The molecule has 2 N–H and O–H groups in total. The molecule has 0 spiro atoms. The first kappa shape index (κ1) is 14.2. The Hall–Kier alpha value is -1.85. The van der Waals surface area contributed by atoms with E-state index in [9.17, 15) is 9.59 Å². The number of carbonyl (C=O) groups excluding carboxylic acids is 1. The molecule has 0 bridgehead atoms. The van der Waals surface area contributed by atoms with Crippen molar-refractivity contribution in [3.05, 3.63) is 17.8 Å². The Morgan fingerprint density at radius 3 is 2.67 bits per heavy atom. The van der Waals surface area contributed by atoms with Crippen LogP contribution in [-0.2, 0) is 16.0 Å². The Labute approximate surface area is 105 Å². The smallest absolute Gasteiger partial charge is 0.326 e. The van der Waals surface area contributed by atoms with Crippen molar-refractivity contribution >= 4 is 11.9 Å². The van der Waals surface area contributed by atoms with Crippen LogP contribution in [0.15, 0.2) is 10.7 Å². The first-order valence-electron chi connectivity index (χ1n) is 5.87. The number of hydrogen-bond acceptors (Lipinski definition) is 4. The van der Waals surface area contributed by atoms with Gasteiger partial charge in [-0.25, -0.2) is 9.78 Å². The van der Waals surface area contributed by atoms with E-state index in [0.29, 0.717) is 18.0 Å². The zero-order valence-electron chi connectivity index (χ0n) is 10.8. The van der Waals surface area contributed by atoms with Crippen LogP contribution in [0.1, 0.15) is 31.9 Å². The summed E-state index contributed by atoms with van der Waals surface area (Å²) in [6.45, 7) is 5.42. The highest BCUT2D eigenvalue weighted by Gasteiger charge is 2.25. The minimum atomic E-state index is -1.03. The van der Waals surface area contributed by atoms with Gasteiger partial charge in [0.1, 0.15) is 18.7 Å². The minimum Gasteiger partial charge on any atom is -0.480 e. The Morgan fingerprint density at radius 2 is 2.22 bits per heavy atom. The topological polar surface area (TPSA) is 92.4 Å². The maximum absolute atomic E-state index is 11.7. The van der Waals surface area contributed by atoms with Crippen LogP contribution in [0.2, 0.25) is 0 Å². The third-order valence-corrected chi connectivity index (χ3v) is 2.77. The van der Waals surface area contributed by atoms with Crippen molar-refractivity contribution in [1.82, 2.24) is 10.3 Å². The molecule has 0 aliphatic carbocycles. The molecule has 0 aromatic carbocycles. The summed E-state index contributed by atoms with van der Waals surface area (Å²) in [5, 5.41) is 11.5. The van der Waals surface area contributed by atoms with Gasteiger partial charge in [-0.15, -0.1) is 0 Å². The number of aryl methyl sites for hydroxylation is 1. The van der Waals surface area contributed by atoms with Gasteiger partial charge in [-0.3, -0.25) is 4.79 Å². The van der Waals surface area contributed by atoms with Crippen molar-refractivity contribution in [3.63, 3.8) is 0 Å². The molecule has 0 aliphatic heterocycles. The Morgan fingerprint density at radius 1 is 1.56 bits per heavy atom. The first-order valence-corrected chi connectivity index (χ1v) is 5.87. The molecule has 18 heavy (non-hydrogen) atoms. The summed E-state index contributed by atoms with van der Waals surface area (Å²) in [5.41, 5.74) is 0.689. The summed E-state index contributed by atoms with van der Waals surface area (Å²) in [6.07, 6.45) is 2.08. The van der Waals surface area contributed by atoms with Gasteiger partial charge in [0.25, 0.3) is 0 Å². The van der Waals surface area contributed by atoms with Crippen LogP contribution in [0.3, 0.4) is 0 Å². The van der Waals surface area contributed by atoms with Crippen molar-refractivity contribution in [1.29, 1.82) is 0 Å². The van der Waals surface area contributed by atoms with Crippen molar-refractivity contribution in [2.24, 2.45) is 5.92 Å². The van der Waals surface area contributed by atoms with E-state index in [0.717, 1.165) is 0 Å². The highest BCUT2D eigenvalue weighted by molar-refractivity contribution is 5.84. The lowest BCUT2D eigenvalue weighted by molar-refractivity contribution is -0.143. The third kappa shape index (κ3) is 3.87. The van der Waals surface area contributed by atoms with Crippen molar-refractivity contribution in [2.45, 2.75) is 39.7 Å². The largest absolute Gasteiger partial charge is 0.480 e. The molecule has 1 rings (SSSR count). The average molecular weight is 254 g/mol. The van der Waals surface area contributed by atoms with Crippen molar-refractivity contribution in [2.75, 3.05) is 0 Å². The number of carboxylic acid groups (broad SMARTS) is 1. The Balaban J connectivity index is 2.59. The predicted molar refractivity (Wildman–Crippen MR) is 64.0 cm³/mol. The molecular formula is C12H18N2O4. The van der Waals surface area contributed by atoms with Gasteiger partial charge < -0.3 is 14.8 Å². The molecule has 100 valence electrons. The van der Waals surface area contributed by atoms with E-state index in [1.807, 2.05) is 6.92 Å². The number of aliphatic carboxylic acids is 1. The number of aromatic nitrogens is 1. The number of oxazole rings is 1. The van der Waals surface area contributed by atoms with Crippen molar-refractivity contribution < 1.29 is 19.1 Å². The van der Waals surface area contributed by atoms with E-state index in [1.165, 1.54) is 6.26 Å². The van der Waals surface area contributed by atoms with Crippen LogP contribution in [0, 0.1) is 12.8 Å². The number of amides is 1. The number of carboxylic acids is 1. The van der Waals surface area contributed by atoms with E-state index in [1.54, 1.807) is 13.8 Å². The van der Waals surface area contributed by atoms with Crippen LogP contribution in [-0.4, -0.2) is 28.0 Å². The maximum atomic E-state index is 11.7. The van der Waals surface area contributed by atoms with Gasteiger partial charge in [-0.05, 0) is 12.8 Å². The van der Waals surface area contributed by atoms with Crippen LogP contribution in [0.5, 0.6) is 0 Å². The SMILES string of the molecule is CC[C@H](C)[C@H](NC(=O)Cc1nc(C)co1)C(=O)O. The van der Waals surface area contributed by atoms with Gasteiger partial charge in [-0.1, -0.05) is 20.3 Å². The molecule has 2 atom stereocenters. The molecule has 6 nitrogen and oxygen atoms in total. The summed E-state index contributed by atoms with van der Waals surface area (Å²) in [4.78, 5) is 26.7. The molecule has 0 unspecified atom stereocenters. The molecule has 1 heterocycles. The van der Waals surface area contributed by atoms with E-state index < -0.39 is 17.9 Å². The highest BCUT2D eigenvalue weighted by Crippen LogP contribution is 2.08. The third-order valence-electron chi connectivity index (χ3n) is 2.77. The number of nitrogens with zero attached hydrogens (tertiary/aromatic N) is 1. The molecule has 0 radical (unpaired) electrons. The normalized spacial score (nSPS) is 13.9. The summed E-state index contributed by atoms with van der Waals surface area (Å²) in [6, 6.07) is -0.876. The zero-order chi connectivity index (χ0) is 13.7. The summed E-state index contributed by atoms with van der Waals surface area (Å²) in [7, 11) is 0. The van der Waals surface area contributed by atoms with Gasteiger partial charge in [0.05, 0.1) is 5.69 Å². The molecule has 6 heteroatoms.